The van der Waals surface area contributed by atoms with Gasteiger partial charge in [0.25, 0.3) is 5.56 Å². The summed E-state index contributed by atoms with van der Waals surface area (Å²) >= 11 is 0. The lowest BCUT2D eigenvalue weighted by molar-refractivity contribution is -0.145. The molecule has 0 radical (unpaired) electrons. The number of anilines is 3. The molecule has 11 heteroatoms. The van der Waals surface area contributed by atoms with Crippen molar-refractivity contribution in [3.8, 4) is 0 Å². The number of ether oxygens (including phenoxy) is 2. The lowest BCUT2D eigenvalue weighted by Gasteiger charge is -2.34. The summed E-state index contributed by atoms with van der Waals surface area (Å²) < 4.78 is 11.8. The van der Waals surface area contributed by atoms with Gasteiger partial charge < -0.3 is 24.8 Å². The molecular weight excluding hydrogens is 306 g/mol. The van der Waals surface area contributed by atoms with Crippen molar-refractivity contribution in [1.29, 1.82) is 5.53 Å². The first-order valence-corrected chi connectivity index (χ1v) is 7.34. The number of aromatic nitrogens is 2. The molecule has 1 aromatic rings. The lowest BCUT2D eigenvalue weighted by atomic mass is 9.96. The molecule has 0 saturated carbocycles. The molecule has 11 nitrogen and oxygen atoms in total. The van der Waals surface area contributed by atoms with E-state index in [0.717, 1.165) is 0 Å². The monoisotopic (exact) mass is 323 g/mol. The number of aliphatic hydroxyl groups excluding tert-OH is 1. The summed E-state index contributed by atoms with van der Waals surface area (Å²) in [5.74, 6) is 0.437. The van der Waals surface area contributed by atoms with Crippen LogP contribution in [0, 0.1) is 5.53 Å². The Morgan fingerprint density at radius 2 is 2.48 bits per heavy atom. The van der Waals surface area contributed by atoms with Crippen LogP contribution in [-0.2, 0) is 9.47 Å². The number of aliphatic hydroxyl groups is 1. The van der Waals surface area contributed by atoms with Crippen molar-refractivity contribution in [2.24, 2.45) is 5.22 Å². The summed E-state index contributed by atoms with van der Waals surface area (Å²) in [5, 5.41) is 16.4. The second-order valence-corrected chi connectivity index (χ2v) is 5.79. The number of rotatable bonds is 4. The van der Waals surface area contributed by atoms with Crippen molar-refractivity contribution in [1.82, 2.24) is 9.97 Å². The molecule has 0 amide bonds. The van der Waals surface area contributed by atoms with Crippen LogP contribution in [0.25, 0.3) is 0 Å². The Labute approximate surface area is 130 Å². The van der Waals surface area contributed by atoms with Crippen LogP contribution < -0.4 is 21.2 Å². The number of nitrogens with one attached hydrogen (secondary N) is 4. The average Bonchev–Trinajstić information content (AvgIpc) is 3.18. The molecular formula is C12H17N7O4. The molecule has 5 N–H and O–H groups in total. The number of fused-ring (bicyclic) bond motifs is 3. The summed E-state index contributed by atoms with van der Waals surface area (Å²) in [7, 11) is 0. The van der Waals surface area contributed by atoms with Crippen LogP contribution in [0.15, 0.2) is 10.0 Å². The zero-order valence-corrected chi connectivity index (χ0v) is 12.4. The fraction of sp³-hybridized carbons (Fsp3) is 0.667. The maximum absolute atomic E-state index is 12.1. The fourth-order valence-electron chi connectivity index (χ4n) is 3.38. The fourth-order valence-corrected chi connectivity index (χ4v) is 3.38. The summed E-state index contributed by atoms with van der Waals surface area (Å²) in [6, 6.07) is 0. The second-order valence-electron chi connectivity index (χ2n) is 5.79. The summed E-state index contributed by atoms with van der Waals surface area (Å²) in [5.41, 5.74) is 8.34. The maximum atomic E-state index is 12.1. The highest BCUT2D eigenvalue weighted by atomic mass is 16.6. The van der Waals surface area contributed by atoms with Crippen molar-refractivity contribution in [3.63, 3.8) is 0 Å². The zero-order valence-electron chi connectivity index (χ0n) is 12.4. The molecule has 4 atom stereocenters. The Bertz CT molecular complexity index is 709. The van der Waals surface area contributed by atoms with Gasteiger partial charge in [-0.1, -0.05) is 12.1 Å². The van der Waals surface area contributed by atoms with Crippen LogP contribution in [-0.4, -0.2) is 52.4 Å². The van der Waals surface area contributed by atoms with E-state index in [4.69, 9.17) is 15.0 Å². The van der Waals surface area contributed by atoms with Gasteiger partial charge in [-0.25, -0.2) is 5.43 Å². The largest absolute Gasteiger partial charge is 0.387 e. The molecule has 1 unspecified atom stereocenters. The first-order valence-electron chi connectivity index (χ1n) is 7.34. The third-order valence-corrected chi connectivity index (χ3v) is 4.67. The Kier molecular flexibility index (Phi) is 3.04. The number of aromatic amines is 1. The van der Waals surface area contributed by atoms with E-state index in [1.165, 1.54) is 0 Å². The van der Waals surface area contributed by atoms with Gasteiger partial charge in [-0.05, 0) is 6.42 Å². The van der Waals surface area contributed by atoms with E-state index in [2.05, 4.69) is 25.9 Å². The van der Waals surface area contributed by atoms with Crippen LogP contribution in [0.3, 0.4) is 0 Å². The zero-order chi connectivity index (χ0) is 16.2. The Morgan fingerprint density at radius 1 is 1.65 bits per heavy atom. The van der Waals surface area contributed by atoms with Crippen LogP contribution in [0.1, 0.15) is 13.3 Å². The number of H-pyrrole nitrogens is 1. The predicted octanol–water partition coefficient (Wildman–Crippen LogP) is -0.418. The molecule has 2 bridgehead atoms. The normalized spacial score (nSPS) is 34.3. The SMILES string of the molecule is CC[C@]12CO[C@@H](C1O)[C@H](N1CNc3c1nc(NN=N)[nH]c3=O)O2. The van der Waals surface area contributed by atoms with Gasteiger partial charge in [0.05, 0.1) is 13.3 Å². The van der Waals surface area contributed by atoms with Gasteiger partial charge in [-0.2, -0.15) is 10.5 Å². The number of nitrogens with zero attached hydrogens (tertiary/aromatic N) is 3. The van der Waals surface area contributed by atoms with E-state index in [1.807, 2.05) is 6.92 Å². The third kappa shape index (κ3) is 1.87. The molecule has 23 heavy (non-hydrogen) atoms. The van der Waals surface area contributed by atoms with Gasteiger partial charge in [-0.15, -0.1) is 0 Å². The van der Waals surface area contributed by atoms with Gasteiger partial charge in [-0.3, -0.25) is 9.78 Å². The van der Waals surface area contributed by atoms with Crippen molar-refractivity contribution in [3.05, 3.63) is 10.4 Å². The van der Waals surface area contributed by atoms with Gasteiger partial charge >= 0.3 is 0 Å². The van der Waals surface area contributed by atoms with E-state index in [1.54, 1.807) is 4.90 Å². The van der Waals surface area contributed by atoms with Crippen molar-refractivity contribution in [2.45, 2.75) is 37.4 Å². The van der Waals surface area contributed by atoms with E-state index < -0.39 is 24.0 Å². The molecule has 0 spiro atoms. The van der Waals surface area contributed by atoms with E-state index in [-0.39, 0.29) is 11.5 Å². The minimum Gasteiger partial charge on any atom is -0.387 e. The van der Waals surface area contributed by atoms with Crippen LogP contribution in [0.4, 0.5) is 17.5 Å². The molecule has 1 aromatic heterocycles. The summed E-state index contributed by atoms with van der Waals surface area (Å²) in [6.45, 7) is 2.60. The highest BCUT2D eigenvalue weighted by Gasteiger charge is 2.62. The quantitative estimate of drug-likeness (QED) is 0.371. The van der Waals surface area contributed by atoms with Gasteiger partial charge in [0.1, 0.15) is 23.5 Å². The molecule has 0 aromatic carbocycles. The third-order valence-electron chi connectivity index (χ3n) is 4.67. The molecule has 3 aliphatic heterocycles. The molecule has 124 valence electrons. The molecule has 3 aliphatic rings. The predicted molar refractivity (Wildman–Crippen MR) is 78.2 cm³/mol. The number of hydrogen-bond donors (Lipinski definition) is 5. The van der Waals surface area contributed by atoms with Gasteiger partial charge in [0, 0.05) is 0 Å². The average molecular weight is 323 g/mol. The Morgan fingerprint density at radius 3 is 3.17 bits per heavy atom. The molecule has 2 saturated heterocycles. The highest BCUT2D eigenvalue weighted by molar-refractivity contribution is 5.71. The van der Waals surface area contributed by atoms with Crippen molar-refractivity contribution in [2.75, 3.05) is 28.9 Å². The van der Waals surface area contributed by atoms with E-state index in [0.29, 0.717) is 31.2 Å². The number of hydrogen-bond acceptors (Lipinski definition) is 9. The molecule has 4 rings (SSSR count). The standard InChI is InChI=1S/C12H17N7O4/c1-2-12-3-22-6(7(12)20)10(23-12)19-4-14-5-8(19)15-11(17-18-13)16-9(5)21/h6-7,10,14,20H,2-4H2,1H3,(H3,13,15,16,17,21)/t6-,7?,10+,12-/m0/s1. The minimum atomic E-state index is -0.718. The van der Waals surface area contributed by atoms with Crippen molar-refractivity contribution >= 4 is 17.5 Å². The Balaban J connectivity index is 1.70. The topological polar surface area (TPSA) is 148 Å². The Hall–Kier alpha value is -2.24. The smallest absolute Gasteiger partial charge is 0.277 e. The summed E-state index contributed by atoms with van der Waals surface area (Å²) in [6.07, 6.45) is -1.13. The molecule has 4 heterocycles. The first-order chi connectivity index (χ1) is 11.1. The van der Waals surface area contributed by atoms with Gasteiger partial charge in [0.15, 0.2) is 12.0 Å². The van der Waals surface area contributed by atoms with Gasteiger partial charge in [0.2, 0.25) is 5.95 Å². The lowest BCUT2D eigenvalue weighted by Crippen LogP contribution is -2.47. The summed E-state index contributed by atoms with van der Waals surface area (Å²) in [4.78, 5) is 20.5. The van der Waals surface area contributed by atoms with E-state index in [9.17, 15) is 9.90 Å². The highest BCUT2D eigenvalue weighted by Crippen LogP contribution is 2.45. The van der Waals surface area contributed by atoms with Crippen molar-refractivity contribution < 1.29 is 14.6 Å². The van der Waals surface area contributed by atoms with Crippen LogP contribution in [0.5, 0.6) is 0 Å². The first kappa shape index (κ1) is 14.4. The molecule has 0 aliphatic carbocycles. The van der Waals surface area contributed by atoms with E-state index >= 15 is 0 Å². The maximum Gasteiger partial charge on any atom is 0.277 e. The molecule has 2 fully saturated rings. The second kappa shape index (κ2) is 4.88. The van der Waals surface area contributed by atoms with Crippen LogP contribution in [0.2, 0.25) is 0 Å². The van der Waals surface area contributed by atoms with Crippen LogP contribution >= 0.6 is 0 Å². The minimum absolute atomic E-state index is 0.0623.